The number of oxime groups is 1. The van der Waals surface area contributed by atoms with E-state index in [1.165, 1.54) is 25.6 Å². The molecule has 1 aliphatic rings. The zero-order valence-corrected chi connectivity index (χ0v) is 21.9. The highest BCUT2D eigenvalue weighted by atomic mass is 32.1. The first-order valence-corrected chi connectivity index (χ1v) is 12.0. The monoisotopic (exact) mass is 536 g/mol. The van der Waals surface area contributed by atoms with Crippen molar-refractivity contribution in [3.8, 4) is 0 Å². The molecule has 0 unspecified atom stereocenters. The van der Waals surface area contributed by atoms with Gasteiger partial charge in [-0.25, -0.2) is 24.2 Å². The van der Waals surface area contributed by atoms with E-state index in [4.69, 9.17) is 9.57 Å². The Morgan fingerprint density at radius 2 is 1.97 bits per heavy atom. The summed E-state index contributed by atoms with van der Waals surface area (Å²) in [5, 5.41) is 26.4. The second-order valence-electron chi connectivity index (χ2n) is 9.57. The summed E-state index contributed by atoms with van der Waals surface area (Å²) in [4.78, 5) is 62.2. The van der Waals surface area contributed by atoms with Crippen LogP contribution in [0.4, 0.5) is 9.93 Å². The van der Waals surface area contributed by atoms with Crippen LogP contribution in [0.15, 0.2) is 16.9 Å². The van der Waals surface area contributed by atoms with Gasteiger partial charge in [-0.05, 0) is 41.5 Å². The van der Waals surface area contributed by atoms with E-state index in [-0.39, 0.29) is 17.4 Å². The van der Waals surface area contributed by atoms with Crippen molar-refractivity contribution in [1.29, 1.82) is 0 Å². The van der Waals surface area contributed by atoms with Gasteiger partial charge in [0, 0.05) is 5.38 Å². The van der Waals surface area contributed by atoms with Crippen LogP contribution in [-0.4, -0.2) is 77.7 Å². The van der Waals surface area contributed by atoms with E-state index in [1.54, 1.807) is 32.4 Å². The number of rotatable bonds is 9. The average Bonchev–Trinajstić information content (AvgIpc) is 3.39. The fraction of sp³-hybridized carbons (Fsp3) is 0.524. The SMILES string of the molecule is Cc1ncnn1C[C@H]1NC(=O)[C@H]1NC(=O)/C(=N\OC(C)(C)C(=O)O)c1csc(NC(=O)OC(C)(C)C)n1. The minimum absolute atomic E-state index is 0.0156. The van der Waals surface area contributed by atoms with E-state index in [0.29, 0.717) is 5.82 Å². The second kappa shape index (κ2) is 10.5. The van der Waals surface area contributed by atoms with Crippen molar-refractivity contribution in [2.45, 2.75) is 71.4 Å². The molecule has 1 fully saturated rings. The number of aromatic nitrogens is 4. The lowest BCUT2D eigenvalue weighted by Gasteiger charge is -2.37. The molecule has 3 amide bonds. The number of carboxylic acid groups (broad SMARTS) is 1. The molecule has 1 saturated heterocycles. The number of aliphatic carboxylic acids is 1. The molecule has 0 spiro atoms. The van der Waals surface area contributed by atoms with Crippen molar-refractivity contribution in [3.05, 3.63) is 23.2 Å². The Morgan fingerprint density at radius 1 is 1.27 bits per heavy atom. The first kappa shape index (κ1) is 27.5. The smallest absolute Gasteiger partial charge is 0.413 e. The number of ether oxygens (including phenoxy) is 1. The van der Waals surface area contributed by atoms with Crippen LogP contribution >= 0.6 is 11.3 Å². The molecule has 37 heavy (non-hydrogen) atoms. The Bertz CT molecular complexity index is 1230. The number of anilines is 1. The van der Waals surface area contributed by atoms with Gasteiger partial charge in [-0.3, -0.25) is 14.9 Å². The van der Waals surface area contributed by atoms with Gasteiger partial charge in [-0.1, -0.05) is 5.16 Å². The number of hydrogen-bond donors (Lipinski definition) is 4. The first-order chi connectivity index (χ1) is 17.2. The van der Waals surface area contributed by atoms with Gasteiger partial charge in [0.2, 0.25) is 11.5 Å². The molecule has 2 atom stereocenters. The number of carbonyl (C=O) groups excluding carboxylic acids is 3. The summed E-state index contributed by atoms with van der Waals surface area (Å²) < 4.78 is 6.76. The van der Waals surface area contributed by atoms with E-state index in [0.717, 1.165) is 11.3 Å². The maximum absolute atomic E-state index is 13.2. The Kier molecular flexibility index (Phi) is 7.80. The molecule has 3 heterocycles. The predicted molar refractivity (Wildman–Crippen MR) is 130 cm³/mol. The topological polar surface area (TPSA) is 199 Å². The molecule has 0 aliphatic carbocycles. The third-order valence-electron chi connectivity index (χ3n) is 4.93. The molecule has 2 aromatic heterocycles. The Morgan fingerprint density at radius 3 is 2.54 bits per heavy atom. The van der Waals surface area contributed by atoms with E-state index in [2.05, 4.69) is 36.2 Å². The van der Waals surface area contributed by atoms with E-state index in [9.17, 15) is 24.3 Å². The van der Waals surface area contributed by atoms with Gasteiger partial charge in [0.1, 0.15) is 29.5 Å². The number of nitrogens with zero attached hydrogens (tertiary/aromatic N) is 5. The number of hydrogen-bond acceptors (Lipinski definition) is 11. The molecule has 0 bridgehead atoms. The molecular weight excluding hydrogens is 508 g/mol. The Hall–Kier alpha value is -4.08. The number of β-lactam (4-membered cyclic amide) rings is 1. The van der Waals surface area contributed by atoms with Crippen molar-refractivity contribution in [3.63, 3.8) is 0 Å². The molecule has 1 aliphatic heterocycles. The maximum Gasteiger partial charge on any atom is 0.413 e. The number of nitrogens with one attached hydrogen (secondary N) is 3. The molecule has 2 aromatic rings. The van der Waals surface area contributed by atoms with Crippen molar-refractivity contribution in [1.82, 2.24) is 30.4 Å². The van der Waals surface area contributed by atoms with E-state index < -0.39 is 52.9 Å². The zero-order chi connectivity index (χ0) is 27.5. The average molecular weight is 537 g/mol. The van der Waals surface area contributed by atoms with Crippen LogP contribution in [0.3, 0.4) is 0 Å². The minimum Gasteiger partial charge on any atom is -0.478 e. The lowest BCUT2D eigenvalue weighted by Crippen LogP contribution is -2.70. The minimum atomic E-state index is -1.76. The normalized spacial score (nSPS) is 17.9. The van der Waals surface area contributed by atoms with Crippen LogP contribution in [0.2, 0.25) is 0 Å². The molecule has 15 nitrogen and oxygen atoms in total. The number of carbonyl (C=O) groups is 4. The van der Waals surface area contributed by atoms with Crippen LogP contribution in [0.25, 0.3) is 0 Å². The Balaban J connectivity index is 1.80. The van der Waals surface area contributed by atoms with Crippen LogP contribution in [-0.2, 0) is 30.5 Å². The van der Waals surface area contributed by atoms with Gasteiger partial charge in [-0.2, -0.15) is 5.10 Å². The fourth-order valence-corrected chi connectivity index (χ4v) is 3.57. The van der Waals surface area contributed by atoms with Crippen molar-refractivity contribution < 1.29 is 33.9 Å². The number of aryl methyl sites for hydroxylation is 1. The molecule has 4 N–H and O–H groups in total. The van der Waals surface area contributed by atoms with Crippen molar-refractivity contribution >= 4 is 46.1 Å². The maximum atomic E-state index is 13.2. The summed E-state index contributed by atoms with van der Waals surface area (Å²) in [5.41, 5.74) is -2.91. The van der Waals surface area contributed by atoms with Crippen LogP contribution < -0.4 is 16.0 Å². The zero-order valence-electron chi connectivity index (χ0n) is 21.1. The number of thiazole rings is 1. The van der Waals surface area contributed by atoms with Gasteiger partial charge in [0.05, 0.1) is 12.6 Å². The van der Waals surface area contributed by atoms with Crippen LogP contribution in [0, 0.1) is 6.92 Å². The first-order valence-electron chi connectivity index (χ1n) is 11.1. The summed E-state index contributed by atoms with van der Waals surface area (Å²) in [7, 11) is 0. The third kappa shape index (κ3) is 6.99. The van der Waals surface area contributed by atoms with Gasteiger partial charge in [0.15, 0.2) is 10.8 Å². The number of carboxylic acids is 1. The molecule has 3 rings (SSSR count). The van der Waals surface area contributed by atoms with Crippen LogP contribution in [0.1, 0.15) is 46.1 Å². The molecule has 0 aromatic carbocycles. The largest absolute Gasteiger partial charge is 0.478 e. The standard InChI is InChI=1S/C21H28N8O7S/c1-10-22-9-23-29(10)7-11-13(15(30)24-11)26-16(31)14(28-36-21(5,6)17(32)33)12-8-37-18(25-12)27-19(34)35-20(2,3)4/h8-9,11,13H,7H2,1-6H3,(H,24,30)(H,26,31)(H,32,33)(H,25,27,34)/b28-14-/t11-,13+/m1/s1. The van der Waals surface area contributed by atoms with Crippen molar-refractivity contribution in [2.24, 2.45) is 5.16 Å². The van der Waals surface area contributed by atoms with E-state index >= 15 is 0 Å². The fourth-order valence-electron chi connectivity index (χ4n) is 2.89. The van der Waals surface area contributed by atoms with Gasteiger partial charge >= 0.3 is 12.1 Å². The van der Waals surface area contributed by atoms with Crippen molar-refractivity contribution in [2.75, 3.05) is 5.32 Å². The summed E-state index contributed by atoms with van der Waals surface area (Å²) in [6.45, 7) is 9.61. The highest BCUT2D eigenvalue weighted by molar-refractivity contribution is 7.14. The summed E-state index contributed by atoms with van der Waals surface area (Å²) in [6.07, 6.45) is 0.623. The summed E-state index contributed by atoms with van der Waals surface area (Å²) >= 11 is 0.980. The quantitative estimate of drug-likeness (QED) is 0.200. The van der Waals surface area contributed by atoms with Gasteiger partial charge < -0.3 is 25.3 Å². The lowest BCUT2D eigenvalue weighted by molar-refractivity contribution is -0.161. The number of amides is 3. The summed E-state index contributed by atoms with van der Waals surface area (Å²) in [6, 6.07) is -1.40. The highest BCUT2D eigenvalue weighted by Gasteiger charge is 2.42. The summed E-state index contributed by atoms with van der Waals surface area (Å²) in [5.74, 6) is -1.95. The predicted octanol–water partition coefficient (Wildman–Crippen LogP) is 0.657. The lowest BCUT2D eigenvalue weighted by atomic mass is 9.98. The van der Waals surface area contributed by atoms with Gasteiger partial charge in [0.25, 0.3) is 5.91 Å². The molecular formula is C21H28N8O7S. The Labute approximate surface area is 215 Å². The van der Waals surface area contributed by atoms with Crippen LogP contribution in [0.5, 0.6) is 0 Å². The molecule has 200 valence electrons. The molecule has 16 heteroatoms. The van der Waals surface area contributed by atoms with Gasteiger partial charge in [-0.15, -0.1) is 11.3 Å². The second-order valence-corrected chi connectivity index (χ2v) is 10.4. The molecule has 0 saturated carbocycles. The van der Waals surface area contributed by atoms with E-state index in [1.807, 2.05) is 0 Å². The molecule has 0 radical (unpaired) electrons. The third-order valence-corrected chi connectivity index (χ3v) is 5.69. The highest BCUT2D eigenvalue weighted by Crippen LogP contribution is 2.20.